The zero-order valence-electron chi connectivity index (χ0n) is 9.01. The molecule has 1 amide bonds. The van der Waals surface area contributed by atoms with Crippen LogP contribution in [-0.2, 0) is 17.9 Å². The van der Waals surface area contributed by atoms with E-state index in [1.165, 1.54) is 0 Å². The molecule has 2 heterocycles. The molecule has 0 radical (unpaired) electrons. The first-order valence-electron chi connectivity index (χ1n) is 5.07. The number of amides is 1. The van der Waals surface area contributed by atoms with Gasteiger partial charge in [-0.2, -0.15) is 5.10 Å². The van der Waals surface area contributed by atoms with Crippen LogP contribution in [0.15, 0.2) is 36.9 Å². The van der Waals surface area contributed by atoms with E-state index in [0.717, 1.165) is 9.13 Å². The van der Waals surface area contributed by atoms with Crippen LogP contribution < -0.4 is 5.32 Å². The van der Waals surface area contributed by atoms with Gasteiger partial charge in [-0.1, -0.05) is 6.07 Å². The third kappa shape index (κ3) is 3.81. The summed E-state index contributed by atoms with van der Waals surface area (Å²) in [6, 6.07) is 3.77. The normalized spacial score (nSPS) is 10.2. The van der Waals surface area contributed by atoms with Crippen molar-refractivity contribution >= 4 is 28.5 Å². The molecule has 0 unspecified atom stereocenters. The van der Waals surface area contributed by atoms with Crippen LogP contribution in [0.25, 0.3) is 0 Å². The van der Waals surface area contributed by atoms with Gasteiger partial charge >= 0.3 is 0 Å². The Morgan fingerprint density at radius 3 is 3.00 bits per heavy atom. The van der Waals surface area contributed by atoms with Crippen LogP contribution in [-0.4, -0.2) is 20.7 Å². The van der Waals surface area contributed by atoms with E-state index in [9.17, 15) is 4.79 Å². The third-order valence-electron chi connectivity index (χ3n) is 2.12. The second kappa shape index (κ2) is 5.76. The Bertz CT molecular complexity index is 497. The number of nitrogens with one attached hydrogen (secondary N) is 1. The van der Waals surface area contributed by atoms with Gasteiger partial charge in [0, 0.05) is 25.1 Å². The third-order valence-corrected chi connectivity index (χ3v) is 2.68. The molecular formula is C11H11IN4O. The molecule has 88 valence electrons. The number of halogens is 1. The molecule has 0 saturated carbocycles. The Balaban J connectivity index is 1.82. The van der Waals surface area contributed by atoms with Crippen LogP contribution in [0.5, 0.6) is 0 Å². The lowest BCUT2D eigenvalue weighted by molar-refractivity contribution is -0.122. The minimum atomic E-state index is -0.0617. The van der Waals surface area contributed by atoms with Crippen molar-refractivity contribution in [2.75, 3.05) is 0 Å². The van der Waals surface area contributed by atoms with E-state index in [4.69, 9.17) is 0 Å². The maximum atomic E-state index is 11.6. The van der Waals surface area contributed by atoms with Crippen molar-refractivity contribution in [2.45, 2.75) is 13.1 Å². The Labute approximate surface area is 112 Å². The molecule has 0 bridgehead atoms. The van der Waals surface area contributed by atoms with Gasteiger partial charge in [0.2, 0.25) is 5.91 Å². The van der Waals surface area contributed by atoms with Gasteiger partial charge in [-0.3, -0.25) is 14.5 Å². The lowest BCUT2D eigenvalue weighted by Gasteiger charge is -2.04. The topological polar surface area (TPSA) is 59.8 Å². The zero-order chi connectivity index (χ0) is 12.1. The second-order valence-electron chi connectivity index (χ2n) is 3.49. The number of carbonyl (C=O) groups is 1. The summed E-state index contributed by atoms with van der Waals surface area (Å²) >= 11 is 2.15. The predicted molar refractivity (Wildman–Crippen MR) is 71.0 cm³/mol. The number of carbonyl (C=O) groups excluding carboxylic acids is 1. The average Bonchev–Trinajstić information content (AvgIpc) is 2.73. The van der Waals surface area contributed by atoms with Gasteiger partial charge in [0.15, 0.2) is 0 Å². The van der Waals surface area contributed by atoms with Crippen molar-refractivity contribution in [2.24, 2.45) is 0 Å². The summed E-state index contributed by atoms with van der Waals surface area (Å²) in [5.41, 5.74) is 0.982. The fourth-order valence-corrected chi connectivity index (χ4v) is 1.78. The summed E-state index contributed by atoms with van der Waals surface area (Å²) in [7, 11) is 0. The van der Waals surface area contributed by atoms with Crippen LogP contribution in [0.4, 0.5) is 0 Å². The quantitative estimate of drug-likeness (QED) is 0.850. The molecule has 0 aliphatic heterocycles. The fraction of sp³-hybridized carbons (Fsp3) is 0.182. The van der Waals surface area contributed by atoms with Crippen LogP contribution in [0.2, 0.25) is 0 Å². The summed E-state index contributed by atoms with van der Waals surface area (Å²) in [6.45, 7) is 0.730. The van der Waals surface area contributed by atoms with E-state index in [2.05, 4.69) is 38.0 Å². The molecule has 5 nitrogen and oxygen atoms in total. The summed E-state index contributed by atoms with van der Waals surface area (Å²) in [4.78, 5) is 15.6. The summed E-state index contributed by atoms with van der Waals surface area (Å²) in [5.74, 6) is -0.0617. The Hall–Kier alpha value is -1.44. The van der Waals surface area contributed by atoms with E-state index < -0.39 is 0 Å². The lowest BCUT2D eigenvalue weighted by atomic mass is 10.3. The van der Waals surface area contributed by atoms with Crippen molar-refractivity contribution in [3.8, 4) is 0 Å². The summed E-state index contributed by atoms with van der Waals surface area (Å²) in [5, 5.41) is 6.86. The van der Waals surface area contributed by atoms with Gasteiger partial charge in [-0.05, 0) is 34.2 Å². The standard InChI is InChI=1S/C11H11IN4O/c12-10-6-15-16(7-10)8-11(17)14-5-9-2-1-3-13-4-9/h1-4,6-7H,5,8H2,(H,14,17). The molecule has 17 heavy (non-hydrogen) atoms. The van der Waals surface area contributed by atoms with Crippen molar-refractivity contribution in [1.29, 1.82) is 0 Å². The Morgan fingerprint density at radius 1 is 1.47 bits per heavy atom. The van der Waals surface area contributed by atoms with E-state index in [1.54, 1.807) is 23.3 Å². The average molecular weight is 342 g/mol. The molecule has 0 aliphatic carbocycles. The van der Waals surface area contributed by atoms with Crippen LogP contribution in [0.1, 0.15) is 5.56 Å². The number of hydrogen-bond acceptors (Lipinski definition) is 3. The minimum absolute atomic E-state index is 0.0617. The molecule has 0 saturated heterocycles. The Kier molecular flexibility index (Phi) is 4.08. The molecule has 0 spiro atoms. The van der Waals surface area contributed by atoms with Gasteiger partial charge in [0.05, 0.1) is 9.77 Å². The van der Waals surface area contributed by atoms with E-state index in [-0.39, 0.29) is 12.5 Å². The van der Waals surface area contributed by atoms with Crippen molar-refractivity contribution in [3.63, 3.8) is 0 Å². The summed E-state index contributed by atoms with van der Waals surface area (Å²) in [6.07, 6.45) is 6.98. The highest BCUT2D eigenvalue weighted by atomic mass is 127. The second-order valence-corrected chi connectivity index (χ2v) is 4.74. The number of hydrogen-bond donors (Lipinski definition) is 1. The molecule has 0 aliphatic rings. The highest BCUT2D eigenvalue weighted by Gasteiger charge is 2.03. The molecular weight excluding hydrogens is 331 g/mol. The van der Waals surface area contributed by atoms with Crippen LogP contribution >= 0.6 is 22.6 Å². The number of rotatable bonds is 4. The van der Waals surface area contributed by atoms with Crippen LogP contribution in [0.3, 0.4) is 0 Å². The van der Waals surface area contributed by atoms with Crippen LogP contribution in [0, 0.1) is 3.57 Å². The zero-order valence-corrected chi connectivity index (χ0v) is 11.2. The molecule has 6 heteroatoms. The first-order valence-corrected chi connectivity index (χ1v) is 6.15. The monoisotopic (exact) mass is 342 g/mol. The maximum absolute atomic E-state index is 11.6. The predicted octanol–water partition coefficient (Wildman–Crippen LogP) is 1.20. The van der Waals surface area contributed by atoms with Crippen molar-refractivity contribution in [1.82, 2.24) is 20.1 Å². The Morgan fingerprint density at radius 2 is 2.35 bits per heavy atom. The van der Waals surface area contributed by atoms with Gasteiger partial charge in [0.1, 0.15) is 6.54 Å². The molecule has 1 N–H and O–H groups in total. The summed E-state index contributed by atoms with van der Waals surface area (Å²) < 4.78 is 2.63. The van der Waals surface area contributed by atoms with Gasteiger partial charge in [-0.15, -0.1) is 0 Å². The smallest absolute Gasteiger partial charge is 0.241 e. The molecule has 0 atom stereocenters. The number of nitrogens with zero attached hydrogens (tertiary/aromatic N) is 3. The highest BCUT2D eigenvalue weighted by Crippen LogP contribution is 2.00. The van der Waals surface area contributed by atoms with Crippen molar-refractivity contribution in [3.05, 3.63) is 46.1 Å². The number of pyridine rings is 1. The highest BCUT2D eigenvalue weighted by molar-refractivity contribution is 14.1. The fourth-order valence-electron chi connectivity index (χ4n) is 1.33. The molecule has 0 aromatic carbocycles. The van der Waals surface area contributed by atoms with E-state index in [0.29, 0.717) is 6.54 Å². The molecule has 2 aromatic rings. The van der Waals surface area contributed by atoms with E-state index >= 15 is 0 Å². The first kappa shape index (κ1) is 12.0. The van der Waals surface area contributed by atoms with Crippen molar-refractivity contribution < 1.29 is 4.79 Å². The van der Waals surface area contributed by atoms with Gasteiger partial charge in [-0.25, -0.2) is 0 Å². The maximum Gasteiger partial charge on any atom is 0.241 e. The minimum Gasteiger partial charge on any atom is -0.350 e. The lowest BCUT2D eigenvalue weighted by Crippen LogP contribution is -2.27. The molecule has 0 fully saturated rings. The molecule has 2 aromatic heterocycles. The SMILES string of the molecule is O=C(Cn1cc(I)cn1)NCc1cccnc1. The molecule has 2 rings (SSSR count). The van der Waals surface area contributed by atoms with Gasteiger partial charge in [0.25, 0.3) is 0 Å². The number of aromatic nitrogens is 3. The first-order chi connectivity index (χ1) is 8.24. The van der Waals surface area contributed by atoms with Gasteiger partial charge < -0.3 is 5.32 Å². The largest absolute Gasteiger partial charge is 0.350 e. The van der Waals surface area contributed by atoms with E-state index in [1.807, 2.05) is 18.3 Å².